The molecule has 0 aliphatic heterocycles. The maximum atomic E-state index is 12.9. The first-order valence-corrected chi connectivity index (χ1v) is 9.88. The molecule has 2 rings (SSSR count). The van der Waals surface area contributed by atoms with Gasteiger partial charge in [0, 0.05) is 11.1 Å². The molecule has 0 heterocycles. The predicted molar refractivity (Wildman–Crippen MR) is 99.0 cm³/mol. The van der Waals surface area contributed by atoms with Crippen molar-refractivity contribution in [3.05, 3.63) is 59.4 Å². The van der Waals surface area contributed by atoms with Crippen molar-refractivity contribution in [3.8, 4) is 5.75 Å². The number of halogens is 1. The van der Waals surface area contributed by atoms with Crippen molar-refractivity contribution in [1.82, 2.24) is 4.72 Å². The first-order valence-electron chi connectivity index (χ1n) is 8.40. The SMILES string of the molecule is CCOc1ccc(C(C)=O)cc1COC(=O)CNS(=O)(=O)c1ccc(F)cc1. The van der Waals surface area contributed by atoms with Crippen LogP contribution in [-0.2, 0) is 26.2 Å². The summed E-state index contributed by atoms with van der Waals surface area (Å²) in [5.74, 6) is -1.08. The molecule has 28 heavy (non-hydrogen) atoms. The molecule has 0 unspecified atom stereocenters. The highest BCUT2D eigenvalue weighted by molar-refractivity contribution is 7.89. The molecule has 0 saturated carbocycles. The fraction of sp³-hybridized carbons (Fsp3) is 0.263. The first kappa shape index (κ1) is 21.5. The van der Waals surface area contributed by atoms with Gasteiger partial charge < -0.3 is 9.47 Å². The minimum Gasteiger partial charge on any atom is -0.493 e. The molecule has 0 aromatic heterocycles. The van der Waals surface area contributed by atoms with Crippen LogP contribution < -0.4 is 9.46 Å². The van der Waals surface area contributed by atoms with Crippen LogP contribution in [0, 0.1) is 5.82 Å². The van der Waals surface area contributed by atoms with Crippen molar-refractivity contribution < 1.29 is 31.9 Å². The minimum absolute atomic E-state index is 0.150. The highest BCUT2D eigenvalue weighted by Gasteiger charge is 2.17. The van der Waals surface area contributed by atoms with Crippen molar-refractivity contribution >= 4 is 21.8 Å². The summed E-state index contributed by atoms with van der Waals surface area (Å²) in [7, 11) is -3.98. The summed E-state index contributed by atoms with van der Waals surface area (Å²) >= 11 is 0. The Bertz CT molecular complexity index is 957. The largest absolute Gasteiger partial charge is 0.493 e. The van der Waals surface area contributed by atoms with Gasteiger partial charge in [-0.1, -0.05) is 0 Å². The molecular formula is C19H20FNO6S. The third kappa shape index (κ3) is 5.86. The van der Waals surface area contributed by atoms with Gasteiger partial charge in [0.2, 0.25) is 10.0 Å². The van der Waals surface area contributed by atoms with Crippen LogP contribution in [0.2, 0.25) is 0 Å². The van der Waals surface area contributed by atoms with E-state index in [0.717, 1.165) is 24.3 Å². The molecule has 0 aliphatic carbocycles. The van der Waals surface area contributed by atoms with Crippen molar-refractivity contribution in [2.45, 2.75) is 25.3 Å². The molecule has 0 amide bonds. The summed E-state index contributed by atoms with van der Waals surface area (Å²) in [5, 5.41) is 0. The Kier molecular flexibility index (Phi) is 7.24. The van der Waals surface area contributed by atoms with E-state index in [1.165, 1.54) is 6.92 Å². The van der Waals surface area contributed by atoms with Crippen LogP contribution in [0.3, 0.4) is 0 Å². The van der Waals surface area contributed by atoms with E-state index in [0.29, 0.717) is 23.5 Å². The van der Waals surface area contributed by atoms with Gasteiger partial charge >= 0.3 is 5.97 Å². The van der Waals surface area contributed by atoms with Gasteiger partial charge in [-0.2, -0.15) is 4.72 Å². The second kappa shape index (κ2) is 9.43. The second-order valence-electron chi connectivity index (χ2n) is 5.75. The van der Waals surface area contributed by atoms with Crippen LogP contribution >= 0.6 is 0 Å². The molecule has 1 N–H and O–H groups in total. The summed E-state index contributed by atoms with van der Waals surface area (Å²) in [5.41, 5.74) is 0.927. The number of hydrogen-bond acceptors (Lipinski definition) is 6. The normalized spacial score (nSPS) is 11.1. The second-order valence-corrected chi connectivity index (χ2v) is 7.52. The van der Waals surface area contributed by atoms with E-state index < -0.39 is 28.4 Å². The minimum atomic E-state index is -3.98. The average Bonchev–Trinajstić information content (AvgIpc) is 2.66. The number of carbonyl (C=O) groups excluding carboxylic acids is 2. The molecule has 0 saturated heterocycles. The molecule has 2 aromatic carbocycles. The van der Waals surface area contributed by atoms with Gasteiger partial charge in [0.15, 0.2) is 5.78 Å². The summed E-state index contributed by atoms with van der Waals surface area (Å²) in [6.07, 6.45) is 0. The van der Waals surface area contributed by atoms with E-state index >= 15 is 0 Å². The predicted octanol–water partition coefficient (Wildman–Crippen LogP) is 2.45. The van der Waals surface area contributed by atoms with E-state index in [9.17, 15) is 22.4 Å². The lowest BCUT2D eigenvalue weighted by Gasteiger charge is -2.12. The van der Waals surface area contributed by atoms with E-state index in [4.69, 9.17) is 9.47 Å². The average molecular weight is 409 g/mol. The molecule has 0 atom stereocenters. The van der Waals surface area contributed by atoms with Gasteiger partial charge in [0.25, 0.3) is 0 Å². The third-order valence-electron chi connectivity index (χ3n) is 3.69. The number of Topliss-reactive ketones (excluding diaryl/α,β-unsaturated/α-hetero) is 1. The Balaban J connectivity index is 1.99. The summed E-state index contributed by atoms with van der Waals surface area (Å²) in [4.78, 5) is 23.3. The topological polar surface area (TPSA) is 98.8 Å². The zero-order valence-electron chi connectivity index (χ0n) is 15.4. The fourth-order valence-corrected chi connectivity index (χ4v) is 3.24. The van der Waals surface area contributed by atoms with Gasteiger partial charge in [0.05, 0.1) is 11.5 Å². The quantitative estimate of drug-likeness (QED) is 0.505. The number of carbonyl (C=O) groups is 2. The number of benzene rings is 2. The lowest BCUT2D eigenvalue weighted by atomic mass is 10.1. The lowest BCUT2D eigenvalue weighted by molar-refractivity contribution is -0.143. The molecule has 0 aliphatic rings. The Labute approximate surface area is 162 Å². The van der Waals surface area contributed by atoms with Crippen LogP contribution in [-0.4, -0.2) is 33.3 Å². The number of esters is 1. The maximum absolute atomic E-state index is 12.9. The van der Waals surface area contributed by atoms with Gasteiger partial charge in [-0.25, -0.2) is 12.8 Å². The monoisotopic (exact) mass is 409 g/mol. The van der Waals surface area contributed by atoms with E-state index in [-0.39, 0.29) is 17.3 Å². The molecule has 0 radical (unpaired) electrons. The van der Waals surface area contributed by atoms with E-state index in [1.54, 1.807) is 25.1 Å². The Morgan fingerprint density at radius 3 is 2.39 bits per heavy atom. The molecule has 0 fully saturated rings. The van der Waals surface area contributed by atoms with Crippen LogP contribution in [0.4, 0.5) is 4.39 Å². The highest BCUT2D eigenvalue weighted by Crippen LogP contribution is 2.22. The Hall–Kier alpha value is -2.78. The Morgan fingerprint density at radius 2 is 1.79 bits per heavy atom. The van der Waals surface area contributed by atoms with Gasteiger partial charge in [-0.3, -0.25) is 9.59 Å². The molecular weight excluding hydrogens is 389 g/mol. The van der Waals surface area contributed by atoms with Crippen molar-refractivity contribution in [2.75, 3.05) is 13.2 Å². The highest BCUT2D eigenvalue weighted by atomic mass is 32.2. The van der Waals surface area contributed by atoms with E-state index in [1.807, 2.05) is 0 Å². The molecule has 9 heteroatoms. The molecule has 0 bridgehead atoms. The Morgan fingerprint density at radius 1 is 1.11 bits per heavy atom. The van der Waals surface area contributed by atoms with Crippen LogP contribution in [0.5, 0.6) is 5.75 Å². The van der Waals surface area contributed by atoms with Gasteiger partial charge in [0.1, 0.15) is 24.7 Å². The van der Waals surface area contributed by atoms with Crippen molar-refractivity contribution in [3.63, 3.8) is 0 Å². The number of ketones is 1. The molecule has 7 nitrogen and oxygen atoms in total. The number of hydrogen-bond donors (Lipinski definition) is 1. The smallest absolute Gasteiger partial charge is 0.321 e. The number of nitrogens with one attached hydrogen (secondary N) is 1. The maximum Gasteiger partial charge on any atom is 0.321 e. The summed E-state index contributed by atoms with van der Waals surface area (Å²) in [6, 6.07) is 8.96. The van der Waals surface area contributed by atoms with Crippen LogP contribution in [0.1, 0.15) is 29.8 Å². The summed E-state index contributed by atoms with van der Waals surface area (Å²) in [6.45, 7) is 2.80. The van der Waals surface area contributed by atoms with Gasteiger partial charge in [-0.05, 0) is 56.3 Å². The first-order chi connectivity index (χ1) is 13.2. The molecule has 2 aromatic rings. The van der Waals surface area contributed by atoms with Crippen molar-refractivity contribution in [2.24, 2.45) is 0 Å². The van der Waals surface area contributed by atoms with E-state index in [2.05, 4.69) is 4.72 Å². The zero-order chi connectivity index (χ0) is 20.7. The fourth-order valence-electron chi connectivity index (χ4n) is 2.27. The molecule has 150 valence electrons. The third-order valence-corrected chi connectivity index (χ3v) is 5.10. The van der Waals surface area contributed by atoms with Crippen LogP contribution in [0.15, 0.2) is 47.4 Å². The summed E-state index contributed by atoms with van der Waals surface area (Å²) < 4.78 is 49.7. The number of sulfonamides is 1. The van der Waals surface area contributed by atoms with Gasteiger partial charge in [-0.15, -0.1) is 0 Å². The number of ether oxygens (including phenoxy) is 2. The standard InChI is InChI=1S/C19H20FNO6S/c1-3-26-18-9-4-14(13(2)22)10-15(18)12-27-19(23)11-21-28(24,25)17-7-5-16(20)6-8-17/h4-10,21H,3,11-12H2,1-2H3. The van der Waals surface area contributed by atoms with Crippen molar-refractivity contribution in [1.29, 1.82) is 0 Å². The number of rotatable bonds is 9. The van der Waals surface area contributed by atoms with Crippen LogP contribution in [0.25, 0.3) is 0 Å². The molecule has 0 spiro atoms. The lowest BCUT2D eigenvalue weighted by Crippen LogP contribution is -2.30. The zero-order valence-corrected chi connectivity index (χ0v) is 16.2.